The number of carbonyl (C=O) groups is 3. The minimum atomic E-state index is -1.76. The highest BCUT2D eigenvalue weighted by molar-refractivity contribution is 5.97. The van der Waals surface area contributed by atoms with Crippen LogP contribution in [0.3, 0.4) is 0 Å². The normalized spacial score (nSPS) is 12.2. The van der Waals surface area contributed by atoms with Crippen LogP contribution in [-0.4, -0.2) is 34.7 Å². The van der Waals surface area contributed by atoms with Gasteiger partial charge >= 0.3 is 17.9 Å². The molecule has 0 amide bonds. The molecule has 0 aromatic rings. The van der Waals surface area contributed by atoms with E-state index in [1.165, 1.54) is 6.92 Å². The quantitative estimate of drug-likeness (QED) is 0.481. The van der Waals surface area contributed by atoms with E-state index in [4.69, 9.17) is 10.2 Å². The molecule has 0 saturated carbocycles. The molecule has 14 heavy (non-hydrogen) atoms. The molecule has 0 aromatic carbocycles. The van der Waals surface area contributed by atoms with Crippen LogP contribution in [0.25, 0.3) is 0 Å². The highest BCUT2D eigenvalue weighted by Crippen LogP contribution is 2.14. The predicted octanol–water partition coefficient (Wildman–Crippen LogP) is -0.0290. The van der Waals surface area contributed by atoms with Gasteiger partial charge in [-0.2, -0.15) is 0 Å². The van der Waals surface area contributed by atoms with Crippen LogP contribution in [0.15, 0.2) is 0 Å². The molecule has 0 rings (SSSR count). The summed E-state index contributed by atoms with van der Waals surface area (Å²) >= 11 is 0. The average molecular weight is 204 g/mol. The summed E-state index contributed by atoms with van der Waals surface area (Å²) in [4.78, 5) is 32.0. The van der Waals surface area contributed by atoms with E-state index in [2.05, 4.69) is 4.74 Å². The fraction of sp³-hybridized carbons (Fsp3) is 0.625. The summed E-state index contributed by atoms with van der Waals surface area (Å²) in [6, 6.07) is 0. The van der Waals surface area contributed by atoms with Gasteiger partial charge in [-0.15, -0.1) is 0 Å². The van der Waals surface area contributed by atoms with Crippen LogP contribution in [0.4, 0.5) is 0 Å². The zero-order valence-electron chi connectivity index (χ0n) is 7.89. The van der Waals surface area contributed by atoms with Gasteiger partial charge in [0.25, 0.3) is 0 Å². The van der Waals surface area contributed by atoms with Crippen molar-refractivity contribution in [3.8, 4) is 0 Å². The molecular formula is C8H12O6. The fourth-order valence-corrected chi connectivity index (χ4v) is 0.943. The van der Waals surface area contributed by atoms with E-state index < -0.39 is 29.7 Å². The Kier molecular flexibility index (Phi) is 4.62. The Labute approximate surface area is 80.5 Å². The first kappa shape index (κ1) is 12.4. The molecule has 0 heterocycles. The Hall–Kier alpha value is -1.59. The van der Waals surface area contributed by atoms with Gasteiger partial charge < -0.3 is 14.9 Å². The molecule has 6 heteroatoms. The number of carboxylic acid groups (broad SMARTS) is 2. The number of ether oxygens (including phenoxy) is 1. The van der Waals surface area contributed by atoms with Gasteiger partial charge in [-0.1, -0.05) is 6.92 Å². The first-order valence-electron chi connectivity index (χ1n) is 4.04. The van der Waals surface area contributed by atoms with Crippen LogP contribution >= 0.6 is 0 Å². The molecule has 0 spiro atoms. The number of carboxylic acids is 2. The van der Waals surface area contributed by atoms with E-state index in [-0.39, 0.29) is 6.61 Å². The van der Waals surface area contributed by atoms with Crippen molar-refractivity contribution in [1.29, 1.82) is 0 Å². The summed E-state index contributed by atoms with van der Waals surface area (Å²) in [6.07, 6.45) is 0. The van der Waals surface area contributed by atoms with Gasteiger partial charge in [-0.05, 0) is 6.92 Å². The number of esters is 1. The first-order chi connectivity index (χ1) is 6.41. The van der Waals surface area contributed by atoms with Gasteiger partial charge in [0, 0.05) is 0 Å². The second-order valence-corrected chi connectivity index (χ2v) is 2.69. The second kappa shape index (κ2) is 5.21. The monoisotopic (exact) mass is 204 g/mol. The van der Waals surface area contributed by atoms with Crippen molar-refractivity contribution in [2.45, 2.75) is 13.8 Å². The Morgan fingerprint density at radius 2 is 1.64 bits per heavy atom. The van der Waals surface area contributed by atoms with Gasteiger partial charge in [0.05, 0.1) is 12.5 Å². The van der Waals surface area contributed by atoms with Crippen LogP contribution in [0.2, 0.25) is 0 Å². The third kappa shape index (κ3) is 3.04. The van der Waals surface area contributed by atoms with Gasteiger partial charge in [-0.3, -0.25) is 14.4 Å². The highest BCUT2D eigenvalue weighted by Gasteiger charge is 2.37. The van der Waals surface area contributed by atoms with E-state index >= 15 is 0 Å². The number of hydrogen-bond donors (Lipinski definition) is 2. The van der Waals surface area contributed by atoms with Gasteiger partial charge in [-0.25, -0.2) is 0 Å². The lowest BCUT2D eigenvalue weighted by Gasteiger charge is -2.14. The van der Waals surface area contributed by atoms with Crippen molar-refractivity contribution in [3.63, 3.8) is 0 Å². The molecule has 0 saturated heterocycles. The van der Waals surface area contributed by atoms with Crippen LogP contribution in [0, 0.1) is 11.8 Å². The third-order valence-corrected chi connectivity index (χ3v) is 1.69. The van der Waals surface area contributed by atoms with Crippen molar-refractivity contribution in [1.82, 2.24) is 0 Å². The van der Waals surface area contributed by atoms with E-state index in [0.717, 1.165) is 0 Å². The maximum atomic E-state index is 11.0. The van der Waals surface area contributed by atoms with Crippen molar-refractivity contribution in [2.75, 3.05) is 6.61 Å². The minimum absolute atomic E-state index is 0.0924. The molecular weight excluding hydrogens is 192 g/mol. The number of rotatable bonds is 5. The second-order valence-electron chi connectivity index (χ2n) is 2.69. The SMILES string of the molecule is CCOC(=O)C(C)C(C(=O)O)C(=O)O. The molecule has 0 fully saturated rings. The smallest absolute Gasteiger partial charge is 0.318 e. The fourth-order valence-electron chi connectivity index (χ4n) is 0.943. The van der Waals surface area contributed by atoms with E-state index in [9.17, 15) is 14.4 Å². The van der Waals surface area contributed by atoms with Crippen LogP contribution in [0.5, 0.6) is 0 Å². The molecule has 0 aliphatic carbocycles. The summed E-state index contributed by atoms with van der Waals surface area (Å²) < 4.78 is 4.52. The standard InChI is InChI=1S/C8H12O6/c1-3-14-8(13)4(2)5(6(9)10)7(11)12/h4-5H,3H2,1-2H3,(H,9,10)(H,11,12). The van der Waals surface area contributed by atoms with Gasteiger partial charge in [0.2, 0.25) is 0 Å². The molecule has 0 aromatic heterocycles. The minimum Gasteiger partial charge on any atom is -0.481 e. The molecule has 0 aliphatic rings. The van der Waals surface area contributed by atoms with Crippen LogP contribution < -0.4 is 0 Å². The van der Waals surface area contributed by atoms with Crippen molar-refractivity contribution >= 4 is 17.9 Å². The summed E-state index contributed by atoms with van der Waals surface area (Å²) in [5.74, 6) is -6.85. The van der Waals surface area contributed by atoms with Crippen molar-refractivity contribution in [3.05, 3.63) is 0 Å². The maximum absolute atomic E-state index is 11.0. The van der Waals surface area contributed by atoms with Gasteiger partial charge in [0.1, 0.15) is 0 Å². The number of aliphatic carboxylic acids is 2. The highest BCUT2D eigenvalue weighted by atomic mass is 16.5. The third-order valence-electron chi connectivity index (χ3n) is 1.69. The molecule has 0 radical (unpaired) electrons. The molecule has 2 N–H and O–H groups in total. The van der Waals surface area contributed by atoms with E-state index in [0.29, 0.717) is 0 Å². The first-order valence-corrected chi connectivity index (χ1v) is 4.04. The van der Waals surface area contributed by atoms with Crippen molar-refractivity contribution < 1.29 is 29.3 Å². The van der Waals surface area contributed by atoms with E-state index in [1.807, 2.05) is 0 Å². The van der Waals surface area contributed by atoms with Crippen LogP contribution in [-0.2, 0) is 19.1 Å². The summed E-state index contributed by atoms with van der Waals surface area (Å²) in [7, 11) is 0. The average Bonchev–Trinajstić information content (AvgIpc) is 2.03. The topological polar surface area (TPSA) is 101 Å². The van der Waals surface area contributed by atoms with Crippen LogP contribution in [0.1, 0.15) is 13.8 Å². The molecule has 0 bridgehead atoms. The Balaban J connectivity index is 4.59. The Bertz CT molecular complexity index is 232. The number of carbonyl (C=O) groups excluding carboxylic acids is 1. The molecule has 6 nitrogen and oxygen atoms in total. The molecule has 80 valence electrons. The Morgan fingerprint density at radius 1 is 1.21 bits per heavy atom. The lowest BCUT2D eigenvalue weighted by Crippen LogP contribution is -2.35. The Morgan fingerprint density at radius 3 is 1.93 bits per heavy atom. The summed E-state index contributed by atoms with van der Waals surface area (Å²) in [5, 5.41) is 17.1. The molecule has 1 unspecified atom stereocenters. The van der Waals surface area contributed by atoms with Gasteiger partial charge in [0.15, 0.2) is 5.92 Å². The number of hydrogen-bond acceptors (Lipinski definition) is 4. The van der Waals surface area contributed by atoms with Crippen molar-refractivity contribution in [2.24, 2.45) is 11.8 Å². The zero-order chi connectivity index (χ0) is 11.3. The molecule has 0 aliphatic heterocycles. The zero-order valence-corrected chi connectivity index (χ0v) is 7.89. The summed E-state index contributed by atoms with van der Waals surface area (Å²) in [5.41, 5.74) is 0. The predicted molar refractivity (Wildman–Crippen MR) is 44.6 cm³/mol. The largest absolute Gasteiger partial charge is 0.481 e. The lowest BCUT2D eigenvalue weighted by molar-refractivity contribution is -0.165. The molecule has 1 atom stereocenters. The summed E-state index contributed by atoms with van der Waals surface area (Å²) in [6.45, 7) is 2.86. The lowest BCUT2D eigenvalue weighted by atomic mass is 9.94. The maximum Gasteiger partial charge on any atom is 0.318 e. The van der Waals surface area contributed by atoms with E-state index in [1.54, 1.807) is 6.92 Å².